The molecule has 1 saturated carbocycles. The number of fused-ring (bicyclic) bond motifs is 3. The van der Waals surface area contributed by atoms with E-state index in [9.17, 15) is 0 Å². The molecule has 0 unspecified atom stereocenters. The maximum Gasteiger partial charge on any atom is 0.283 e. The fourth-order valence-electron chi connectivity index (χ4n) is 5.35. The van der Waals surface area contributed by atoms with E-state index in [0.717, 1.165) is 43.2 Å². The summed E-state index contributed by atoms with van der Waals surface area (Å²) in [5.74, 6) is 0. The first-order valence-corrected chi connectivity index (χ1v) is 9.56. The molecule has 1 aromatic carbocycles. The minimum Gasteiger partial charge on any atom is -0.462 e. The molecule has 5 rings (SSSR count). The van der Waals surface area contributed by atoms with Gasteiger partial charge in [-0.3, -0.25) is 0 Å². The molecule has 2 aromatic rings. The number of ether oxygens (including phenoxy) is 2. The third-order valence-electron chi connectivity index (χ3n) is 6.81. The van der Waals surface area contributed by atoms with Gasteiger partial charge in [-0.05, 0) is 54.9 Å². The summed E-state index contributed by atoms with van der Waals surface area (Å²) in [7, 11) is 1.81. The average molecular weight is 364 g/mol. The van der Waals surface area contributed by atoms with Gasteiger partial charge in [-0.15, -0.1) is 0 Å². The van der Waals surface area contributed by atoms with Crippen molar-refractivity contribution in [1.29, 1.82) is 0 Å². The van der Waals surface area contributed by atoms with Crippen LogP contribution in [-0.4, -0.2) is 35.8 Å². The van der Waals surface area contributed by atoms with Crippen molar-refractivity contribution in [3.8, 4) is 11.1 Å². The Balaban J connectivity index is 1.61. The number of amidine groups is 1. The van der Waals surface area contributed by atoms with Gasteiger partial charge < -0.3 is 15.2 Å². The summed E-state index contributed by atoms with van der Waals surface area (Å²) in [4.78, 5) is 13.2. The lowest BCUT2D eigenvalue weighted by Crippen LogP contribution is -2.46. The fourth-order valence-corrected chi connectivity index (χ4v) is 5.35. The van der Waals surface area contributed by atoms with Gasteiger partial charge in [0.15, 0.2) is 0 Å². The molecular weight excluding hydrogens is 340 g/mol. The Morgan fingerprint density at radius 2 is 1.93 bits per heavy atom. The molecule has 1 atom stereocenters. The SMILES string of the molecule is COC1CCC2(CC1)Cc1ccc(-c3cncnc3)cc1[C@@]21COC(N)=N1. The Labute approximate surface area is 158 Å². The molecule has 27 heavy (non-hydrogen) atoms. The smallest absolute Gasteiger partial charge is 0.283 e. The van der Waals surface area contributed by atoms with Crippen LogP contribution in [0.5, 0.6) is 0 Å². The predicted molar refractivity (Wildman–Crippen MR) is 102 cm³/mol. The van der Waals surface area contributed by atoms with Crippen LogP contribution in [0.15, 0.2) is 41.9 Å². The highest BCUT2D eigenvalue weighted by Crippen LogP contribution is 2.61. The monoisotopic (exact) mass is 364 g/mol. The van der Waals surface area contributed by atoms with E-state index in [1.165, 1.54) is 11.1 Å². The average Bonchev–Trinajstić information content (AvgIpc) is 3.23. The number of aliphatic imine (C=N–C) groups is 1. The summed E-state index contributed by atoms with van der Waals surface area (Å²) in [6, 6.07) is 6.95. The van der Waals surface area contributed by atoms with E-state index in [1.807, 2.05) is 19.5 Å². The van der Waals surface area contributed by atoms with Crippen molar-refractivity contribution in [2.75, 3.05) is 13.7 Å². The van der Waals surface area contributed by atoms with Gasteiger partial charge in [0.25, 0.3) is 6.02 Å². The largest absolute Gasteiger partial charge is 0.462 e. The predicted octanol–water partition coefficient (Wildman–Crippen LogP) is 2.82. The summed E-state index contributed by atoms with van der Waals surface area (Å²) in [6.07, 6.45) is 10.9. The second kappa shape index (κ2) is 6.02. The standard InChI is InChI=1S/C21H24N4O2/c1-26-17-4-6-20(7-5-17)9-15-3-2-14(16-10-23-13-24-11-16)8-18(15)21(20)12-27-19(22)25-21/h2-3,8,10-11,13,17H,4-7,9,12H2,1H3,(H2,22,25)/t17?,20?,21-/m0/s1. The van der Waals surface area contributed by atoms with E-state index in [2.05, 4.69) is 28.2 Å². The quantitative estimate of drug-likeness (QED) is 0.886. The summed E-state index contributed by atoms with van der Waals surface area (Å²) in [5.41, 5.74) is 10.4. The molecule has 0 bridgehead atoms. The number of aromatic nitrogens is 2. The molecule has 6 nitrogen and oxygen atoms in total. The van der Waals surface area contributed by atoms with E-state index in [4.69, 9.17) is 20.2 Å². The number of nitrogens with zero attached hydrogens (tertiary/aromatic N) is 3. The zero-order valence-electron chi connectivity index (χ0n) is 15.5. The lowest BCUT2D eigenvalue weighted by molar-refractivity contribution is -0.00983. The van der Waals surface area contributed by atoms with Crippen molar-refractivity contribution in [3.05, 3.63) is 48.0 Å². The van der Waals surface area contributed by atoms with Gasteiger partial charge in [-0.25, -0.2) is 15.0 Å². The zero-order valence-corrected chi connectivity index (χ0v) is 15.5. The third-order valence-corrected chi connectivity index (χ3v) is 6.81. The van der Waals surface area contributed by atoms with Gasteiger partial charge in [0.2, 0.25) is 0 Å². The van der Waals surface area contributed by atoms with Gasteiger partial charge in [0, 0.05) is 30.5 Å². The number of nitrogens with two attached hydrogens (primary N) is 1. The van der Waals surface area contributed by atoms with Crippen LogP contribution in [0.25, 0.3) is 11.1 Å². The van der Waals surface area contributed by atoms with Gasteiger partial charge >= 0.3 is 0 Å². The second-order valence-electron chi connectivity index (χ2n) is 7.99. The molecule has 2 aliphatic carbocycles. The highest BCUT2D eigenvalue weighted by atomic mass is 16.5. The van der Waals surface area contributed by atoms with Crippen LogP contribution in [0, 0.1) is 5.41 Å². The minimum absolute atomic E-state index is 0.0529. The van der Waals surface area contributed by atoms with Crippen molar-refractivity contribution < 1.29 is 9.47 Å². The first-order valence-electron chi connectivity index (χ1n) is 9.56. The first kappa shape index (κ1) is 16.7. The first-order chi connectivity index (χ1) is 13.2. The molecule has 2 heterocycles. The van der Waals surface area contributed by atoms with Crippen molar-refractivity contribution >= 4 is 6.02 Å². The Kier molecular flexibility index (Phi) is 3.72. The highest BCUT2D eigenvalue weighted by molar-refractivity contribution is 5.75. The van der Waals surface area contributed by atoms with E-state index >= 15 is 0 Å². The minimum atomic E-state index is -0.392. The molecule has 1 fully saturated rings. The zero-order chi connectivity index (χ0) is 18.5. The van der Waals surface area contributed by atoms with Crippen LogP contribution in [0.3, 0.4) is 0 Å². The number of methoxy groups -OCH3 is 1. The molecule has 1 aliphatic heterocycles. The topological polar surface area (TPSA) is 82.6 Å². The van der Waals surface area contributed by atoms with Gasteiger partial charge in [-0.2, -0.15) is 0 Å². The van der Waals surface area contributed by atoms with Gasteiger partial charge in [0.05, 0.1) is 6.10 Å². The molecular formula is C21H24N4O2. The Bertz CT molecular complexity index is 890. The molecule has 6 heteroatoms. The highest BCUT2D eigenvalue weighted by Gasteiger charge is 2.61. The van der Waals surface area contributed by atoms with E-state index in [1.54, 1.807) is 6.33 Å². The van der Waals surface area contributed by atoms with Gasteiger partial charge in [-0.1, -0.05) is 12.1 Å². The van der Waals surface area contributed by atoms with Crippen molar-refractivity contribution in [1.82, 2.24) is 9.97 Å². The lowest BCUT2D eigenvalue weighted by Gasteiger charge is -2.45. The van der Waals surface area contributed by atoms with Crippen molar-refractivity contribution in [3.63, 3.8) is 0 Å². The van der Waals surface area contributed by atoms with E-state index in [-0.39, 0.29) is 5.41 Å². The number of hydrogen-bond donors (Lipinski definition) is 1. The molecule has 0 saturated heterocycles. The number of hydrogen-bond acceptors (Lipinski definition) is 6. The molecule has 0 amide bonds. The Morgan fingerprint density at radius 1 is 1.15 bits per heavy atom. The molecule has 3 aliphatic rings. The van der Waals surface area contributed by atoms with Crippen molar-refractivity contribution in [2.45, 2.75) is 43.7 Å². The van der Waals surface area contributed by atoms with Crippen LogP contribution < -0.4 is 5.73 Å². The Hall–Kier alpha value is -2.47. The summed E-state index contributed by atoms with van der Waals surface area (Å²) < 4.78 is 11.4. The maximum absolute atomic E-state index is 6.02. The van der Waals surface area contributed by atoms with Crippen LogP contribution in [0.1, 0.15) is 36.8 Å². The van der Waals surface area contributed by atoms with E-state index in [0.29, 0.717) is 18.7 Å². The fraction of sp³-hybridized carbons (Fsp3) is 0.476. The summed E-state index contributed by atoms with van der Waals surface area (Å²) in [6.45, 7) is 0.526. The number of rotatable bonds is 2. The van der Waals surface area contributed by atoms with Crippen LogP contribution in [0.2, 0.25) is 0 Å². The van der Waals surface area contributed by atoms with Gasteiger partial charge in [0.1, 0.15) is 18.5 Å². The molecule has 140 valence electrons. The van der Waals surface area contributed by atoms with Crippen LogP contribution >= 0.6 is 0 Å². The van der Waals surface area contributed by atoms with Crippen molar-refractivity contribution in [2.24, 2.45) is 16.1 Å². The summed E-state index contributed by atoms with van der Waals surface area (Å²) in [5, 5.41) is 0. The number of benzene rings is 1. The van der Waals surface area contributed by atoms with E-state index < -0.39 is 5.54 Å². The molecule has 0 radical (unpaired) electrons. The summed E-state index contributed by atoms with van der Waals surface area (Å²) >= 11 is 0. The second-order valence-corrected chi connectivity index (χ2v) is 7.99. The lowest BCUT2D eigenvalue weighted by atomic mass is 9.62. The maximum atomic E-state index is 6.02. The molecule has 2 spiro atoms. The molecule has 1 aromatic heterocycles. The molecule has 2 N–H and O–H groups in total. The normalized spacial score (nSPS) is 31.7. The van der Waals surface area contributed by atoms with Crippen LogP contribution in [0.4, 0.5) is 0 Å². The Morgan fingerprint density at radius 3 is 2.59 bits per heavy atom. The van der Waals surface area contributed by atoms with Crippen LogP contribution in [-0.2, 0) is 21.4 Å². The third kappa shape index (κ3) is 2.39.